The monoisotopic (exact) mass is 509 g/mol. The molecule has 36 heavy (non-hydrogen) atoms. The van der Waals surface area contributed by atoms with Gasteiger partial charge in [-0.15, -0.1) is 0 Å². The Morgan fingerprint density at radius 3 is 2.78 bits per heavy atom. The minimum Gasteiger partial charge on any atom is -0.356 e. The van der Waals surface area contributed by atoms with Gasteiger partial charge in [-0.2, -0.15) is 5.26 Å². The highest BCUT2D eigenvalue weighted by atomic mass is 35.5. The largest absolute Gasteiger partial charge is 0.356 e. The Balaban J connectivity index is 1.36. The number of fused-ring (bicyclic) bond motifs is 1. The lowest BCUT2D eigenvalue weighted by Gasteiger charge is -2.32. The van der Waals surface area contributed by atoms with Crippen LogP contribution in [0.25, 0.3) is 10.9 Å². The average molecular weight is 510 g/mol. The van der Waals surface area contributed by atoms with E-state index >= 15 is 0 Å². The molecule has 3 N–H and O–H groups in total. The van der Waals surface area contributed by atoms with E-state index in [2.05, 4.69) is 21.7 Å². The predicted molar refractivity (Wildman–Crippen MR) is 136 cm³/mol. The van der Waals surface area contributed by atoms with Gasteiger partial charge >= 0.3 is 0 Å². The minimum atomic E-state index is -0.776. The molecule has 1 saturated carbocycles. The van der Waals surface area contributed by atoms with Crippen LogP contribution in [0, 0.1) is 22.7 Å². The number of aromatic amines is 1. The van der Waals surface area contributed by atoms with Crippen LogP contribution in [0.2, 0.25) is 5.02 Å². The van der Waals surface area contributed by atoms with E-state index in [1.165, 1.54) is 6.42 Å². The van der Waals surface area contributed by atoms with Gasteiger partial charge in [0, 0.05) is 34.9 Å². The van der Waals surface area contributed by atoms with Crippen molar-refractivity contribution in [1.82, 2.24) is 20.5 Å². The summed E-state index contributed by atoms with van der Waals surface area (Å²) in [5, 5.41) is 16.9. The fourth-order valence-electron chi connectivity index (χ4n) is 6.29. The van der Waals surface area contributed by atoms with Gasteiger partial charge in [0.15, 0.2) is 0 Å². The van der Waals surface area contributed by atoms with E-state index in [0.717, 1.165) is 43.0 Å². The second-order valence-corrected chi connectivity index (χ2v) is 11.1. The molecule has 190 valence electrons. The van der Waals surface area contributed by atoms with Gasteiger partial charge in [0.1, 0.15) is 17.8 Å². The Hall–Kier alpha value is -3.05. The molecule has 0 bridgehead atoms. The maximum absolute atomic E-state index is 13.7. The van der Waals surface area contributed by atoms with Crippen LogP contribution in [-0.4, -0.2) is 52.8 Å². The Morgan fingerprint density at radius 2 is 2.03 bits per heavy atom. The molecule has 2 saturated heterocycles. The van der Waals surface area contributed by atoms with Crippen LogP contribution in [0.4, 0.5) is 0 Å². The number of likely N-dealkylation sites (tertiary alicyclic amines) is 1. The molecule has 1 unspecified atom stereocenters. The summed E-state index contributed by atoms with van der Waals surface area (Å²) in [6, 6.07) is 7.96. The van der Waals surface area contributed by atoms with Crippen LogP contribution in [0.5, 0.6) is 0 Å². The summed E-state index contributed by atoms with van der Waals surface area (Å²) in [4.78, 5) is 44.3. The third-order valence-corrected chi connectivity index (χ3v) is 8.43. The summed E-state index contributed by atoms with van der Waals surface area (Å²) in [5.74, 6) is -0.876. The van der Waals surface area contributed by atoms with Crippen LogP contribution in [-0.2, 0) is 9.59 Å². The normalized spacial score (nSPS) is 24.3. The second kappa shape index (κ2) is 10.1. The van der Waals surface area contributed by atoms with Gasteiger partial charge in [-0.25, -0.2) is 0 Å². The van der Waals surface area contributed by atoms with E-state index in [-0.39, 0.29) is 35.5 Å². The zero-order valence-corrected chi connectivity index (χ0v) is 21.1. The van der Waals surface area contributed by atoms with Crippen molar-refractivity contribution in [2.45, 2.75) is 69.9 Å². The number of nitriles is 1. The van der Waals surface area contributed by atoms with Crippen molar-refractivity contribution < 1.29 is 14.4 Å². The Morgan fingerprint density at radius 1 is 1.22 bits per heavy atom. The number of nitrogens with one attached hydrogen (secondary N) is 3. The fraction of sp³-hybridized carbons (Fsp3) is 0.556. The molecule has 3 atom stereocenters. The first-order valence-corrected chi connectivity index (χ1v) is 13.3. The SMILES string of the molecule is N#C[C@H](C[C@@H]1CCCNC1=O)NC(=O)C1CC2(CCCCC2)CN1C(=O)c1cc2ccc(Cl)cc2[nH]1. The summed E-state index contributed by atoms with van der Waals surface area (Å²) in [6.45, 7) is 1.18. The molecule has 9 heteroatoms. The van der Waals surface area contributed by atoms with Crippen LogP contribution in [0.1, 0.15) is 68.3 Å². The number of piperidine rings is 1. The maximum Gasteiger partial charge on any atom is 0.271 e. The number of amides is 3. The lowest BCUT2D eigenvalue weighted by Crippen LogP contribution is -2.49. The number of benzene rings is 1. The number of nitrogens with zero attached hydrogens (tertiary/aromatic N) is 2. The molecule has 3 heterocycles. The van der Waals surface area contributed by atoms with E-state index in [4.69, 9.17) is 11.6 Å². The maximum atomic E-state index is 13.7. The molecular formula is C27H32ClN5O3. The molecule has 1 aliphatic carbocycles. The molecule has 3 fully saturated rings. The lowest BCUT2D eigenvalue weighted by molar-refractivity contribution is -0.128. The van der Waals surface area contributed by atoms with Gasteiger partial charge in [-0.1, -0.05) is 36.9 Å². The zero-order chi connectivity index (χ0) is 25.3. The quantitative estimate of drug-likeness (QED) is 0.566. The van der Waals surface area contributed by atoms with Crippen molar-refractivity contribution in [3.05, 3.63) is 35.0 Å². The summed E-state index contributed by atoms with van der Waals surface area (Å²) < 4.78 is 0. The smallest absolute Gasteiger partial charge is 0.271 e. The van der Waals surface area contributed by atoms with Crippen LogP contribution in [0.3, 0.4) is 0 Å². The van der Waals surface area contributed by atoms with Gasteiger partial charge in [0.2, 0.25) is 11.8 Å². The number of halogens is 1. The van der Waals surface area contributed by atoms with Gasteiger partial charge < -0.3 is 20.5 Å². The van der Waals surface area contributed by atoms with Gasteiger partial charge in [0.05, 0.1) is 6.07 Å². The Labute approximate surface area is 215 Å². The highest BCUT2D eigenvalue weighted by Crippen LogP contribution is 2.46. The molecule has 1 aromatic heterocycles. The molecule has 5 rings (SSSR count). The minimum absolute atomic E-state index is 0.0616. The number of rotatable bonds is 5. The molecule has 0 radical (unpaired) electrons. The molecule has 3 amide bonds. The van der Waals surface area contributed by atoms with Crippen molar-refractivity contribution in [2.75, 3.05) is 13.1 Å². The summed E-state index contributed by atoms with van der Waals surface area (Å²) in [6.07, 6.45) is 7.81. The molecule has 2 aromatic rings. The van der Waals surface area contributed by atoms with Crippen LogP contribution < -0.4 is 10.6 Å². The van der Waals surface area contributed by atoms with Crippen molar-refractivity contribution in [1.29, 1.82) is 5.26 Å². The van der Waals surface area contributed by atoms with E-state index in [1.807, 2.05) is 6.07 Å². The molecular weight excluding hydrogens is 478 g/mol. The highest BCUT2D eigenvalue weighted by molar-refractivity contribution is 6.31. The van der Waals surface area contributed by atoms with E-state index in [9.17, 15) is 19.6 Å². The average Bonchev–Trinajstić information content (AvgIpc) is 3.46. The van der Waals surface area contributed by atoms with Crippen LogP contribution >= 0.6 is 11.6 Å². The summed E-state index contributed by atoms with van der Waals surface area (Å²) >= 11 is 6.12. The number of carbonyl (C=O) groups excluding carboxylic acids is 3. The van der Waals surface area contributed by atoms with Crippen molar-refractivity contribution in [3.63, 3.8) is 0 Å². The molecule has 1 spiro atoms. The summed E-state index contributed by atoms with van der Waals surface area (Å²) in [5.41, 5.74) is 1.12. The van der Waals surface area contributed by atoms with Crippen LogP contribution in [0.15, 0.2) is 24.3 Å². The number of carbonyl (C=O) groups is 3. The van der Waals surface area contributed by atoms with E-state index < -0.39 is 12.1 Å². The van der Waals surface area contributed by atoms with Crippen molar-refractivity contribution in [3.8, 4) is 6.07 Å². The molecule has 3 aliphatic rings. The third-order valence-electron chi connectivity index (χ3n) is 8.19. The van der Waals surface area contributed by atoms with E-state index in [1.54, 1.807) is 23.1 Å². The Kier molecular flexibility index (Phi) is 6.94. The number of H-pyrrole nitrogens is 1. The first kappa shape index (κ1) is 24.6. The molecule has 2 aliphatic heterocycles. The van der Waals surface area contributed by atoms with Crippen molar-refractivity contribution >= 4 is 40.2 Å². The lowest BCUT2D eigenvalue weighted by atomic mass is 9.72. The topological polar surface area (TPSA) is 118 Å². The predicted octanol–water partition coefficient (Wildman–Crippen LogP) is 3.91. The van der Waals surface area contributed by atoms with Gasteiger partial charge in [0.25, 0.3) is 5.91 Å². The first-order valence-electron chi connectivity index (χ1n) is 12.9. The van der Waals surface area contributed by atoms with Gasteiger partial charge in [-0.05, 0) is 62.1 Å². The van der Waals surface area contributed by atoms with E-state index in [0.29, 0.717) is 36.6 Å². The molecule has 1 aromatic carbocycles. The standard InChI is InChI=1S/C27H32ClN5O3/c28-19-7-6-17-12-22(32-21(17)13-19)26(36)33-16-27(8-2-1-3-9-27)14-23(33)25(35)31-20(15-29)11-18-5-4-10-30-24(18)34/h6-7,12-13,18,20,23,32H,1-5,8-11,14,16H2,(H,30,34)(H,31,35)/t18-,20-,23?/m0/s1. The Bertz CT molecular complexity index is 1210. The van der Waals surface area contributed by atoms with Gasteiger partial charge in [-0.3, -0.25) is 14.4 Å². The zero-order valence-electron chi connectivity index (χ0n) is 20.3. The second-order valence-electron chi connectivity index (χ2n) is 10.7. The highest BCUT2D eigenvalue weighted by Gasteiger charge is 2.49. The molecule has 8 nitrogen and oxygen atoms in total. The fourth-order valence-corrected chi connectivity index (χ4v) is 6.47. The first-order chi connectivity index (χ1) is 17.4. The van der Waals surface area contributed by atoms with Crippen molar-refractivity contribution in [2.24, 2.45) is 11.3 Å². The third kappa shape index (κ3) is 4.94. The number of aromatic nitrogens is 1. The number of hydrogen-bond donors (Lipinski definition) is 3. The number of hydrogen-bond acceptors (Lipinski definition) is 4. The summed E-state index contributed by atoms with van der Waals surface area (Å²) in [7, 11) is 0.